The van der Waals surface area contributed by atoms with Gasteiger partial charge < -0.3 is 14.2 Å². The van der Waals surface area contributed by atoms with Gasteiger partial charge in [-0.05, 0) is 25.1 Å². The summed E-state index contributed by atoms with van der Waals surface area (Å²) in [4.78, 5) is 50.6. The maximum absolute atomic E-state index is 13.3. The smallest absolute Gasteiger partial charge is 0.305 e. The van der Waals surface area contributed by atoms with Gasteiger partial charge in [-0.3, -0.25) is 19.2 Å². The number of hydrogen-bond donors (Lipinski definition) is 0. The van der Waals surface area contributed by atoms with Crippen molar-refractivity contribution in [3.63, 3.8) is 0 Å². The van der Waals surface area contributed by atoms with Gasteiger partial charge in [-0.1, -0.05) is 23.8 Å². The molecule has 1 aromatic carbocycles. The zero-order valence-corrected chi connectivity index (χ0v) is 15.6. The first-order valence-corrected chi connectivity index (χ1v) is 8.90. The lowest BCUT2D eigenvalue weighted by Crippen LogP contribution is -2.52. The summed E-state index contributed by atoms with van der Waals surface area (Å²) in [5, 5.41) is 0. The Balaban J connectivity index is 1.74. The fraction of sp³-hybridized carbons (Fsp3) is 0.400. The lowest BCUT2D eigenvalue weighted by atomic mass is 9.76. The van der Waals surface area contributed by atoms with Crippen LogP contribution in [0.3, 0.4) is 0 Å². The fourth-order valence-corrected chi connectivity index (χ4v) is 4.17. The van der Waals surface area contributed by atoms with E-state index in [2.05, 4.69) is 0 Å². The second-order valence-electron chi connectivity index (χ2n) is 7.20. The number of nitrogens with zero attached hydrogens (tertiary/aromatic N) is 1. The lowest BCUT2D eigenvalue weighted by molar-refractivity contribution is -0.226. The number of rotatable bonds is 4. The number of carbonyl (C=O) groups is 4. The van der Waals surface area contributed by atoms with E-state index in [0.29, 0.717) is 5.69 Å². The molecule has 4 rings (SSSR count). The van der Waals surface area contributed by atoms with Gasteiger partial charge in [-0.25, -0.2) is 4.90 Å². The van der Waals surface area contributed by atoms with Gasteiger partial charge in [0.2, 0.25) is 11.8 Å². The molecule has 0 aromatic heterocycles. The van der Waals surface area contributed by atoms with Crippen molar-refractivity contribution in [3.05, 3.63) is 42.0 Å². The van der Waals surface area contributed by atoms with E-state index in [1.165, 1.54) is 0 Å². The summed E-state index contributed by atoms with van der Waals surface area (Å²) < 4.78 is 16.2. The molecule has 2 fully saturated rings. The van der Waals surface area contributed by atoms with Crippen LogP contribution in [0, 0.1) is 18.8 Å². The van der Waals surface area contributed by atoms with E-state index in [1.807, 2.05) is 19.1 Å². The largest absolute Gasteiger partial charge is 0.422 e. The first-order chi connectivity index (χ1) is 13.2. The number of aryl methyl sites for hydroxylation is 1. The van der Waals surface area contributed by atoms with Crippen LogP contribution in [0.15, 0.2) is 36.4 Å². The highest BCUT2D eigenvalue weighted by Gasteiger charge is 2.72. The van der Waals surface area contributed by atoms with Crippen LogP contribution in [0.5, 0.6) is 0 Å². The van der Waals surface area contributed by atoms with Crippen molar-refractivity contribution in [1.82, 2.24) is 0 Å². The Labute approximate surface area is 161 Å². The van der Waals surface area contributed by atoms with E-state index in [4.69, 9.17) is 14.2 Å². The summed E-state index contributed by atoms with van der Waals surface area (Å²) in [6.45, 7) is 4.23. The molecule has 8 nitrogen and oxygen atoms in total. The zero-order chi connectivity index (χ0) is 20.2. The molecular weight excluding hydrogens is 366 g/mol. The third kappa shape index (κ3) is 2.56. The van der Waals surface area contributed by atoms with Gasteiger partial charge in [0.15, 0.2) is 5.60 Å². The van der Waals surface area contributed by atoms with Gasteiger partial charge in [0.05, 0.1) is 23.6 Å². The Hall–Kier alpha value is -3.00. The van der Waals surface area contributed by atoms with Crippen molar-refractivity contribution in [2.45, 2.75) is 38.8 Å². The highest BCUT2D eigenvalue weighted by atomic mass is 16.7. The summed E-state index contributed by atoms with van der Waals surface area (Å²) in [5.74, 6) is -3.99. The van der Waals surface area contributed by atoms with E-state index in [-0.39, 0.29) is 5.91 Å². The van der Waals surface area contributed by atoms with Crippen LogP contribution in [0.2, 0.25) is 0 Å². The number of esters is 2. The molecule has 1 aromatic rings. The molecule has 0 radical (unpaired) electrons. The number of carbonyl (C=O) groups excluding carboxylic acids is 4. The fourth-order valence-electron chi connectivity index (χ4n) is 4.17. The Bertz CT molecular complexity index is 890. The van der Waals surface area contributed by atoms with E-state index < -0.39 is 47.7 Å². The molecule has 0 N–H and O–H groups in total. The van der Waals surface area contributed by atoms with Crippen molar-refractivity contribution in [2.75, 3.05) is 4.90 Å². The Morgan fingerprint density at radius 1 is 1.07 bits per heavy atom. The van der Waals surface area contributed by atoms with Crippen molar-refractivity contribution < 1.29 is 33.4 Å². The monoisotopic (exact) mass is 385 g/mol. The zero-order valence-electron chi connectivity index (χ0n) is 15.6. The summed E-state index contributed by atoms with van der Waals surface area (Å²) in [7, 11) is 0. The second-order valence-corrected chi connectivity index (χ2v) is 7.20. The second kappa shape index (κ2) is 6.27. The van der Waals surface area contributed by atoms with Crippen LogP contribution in [0.1, 0.15) is 19.4 Å². The molecule has 4 unspecified atom stereocenters. The van der Waals surface area contributed by atoms with Gasteiger partial charge in [0.1, 0.15) is 0 Å². The quantitative estimate of drug-likeness (QED) is 0.333. The number of ether oxygens (including phenoxy) is 3. The molecule has 2 amide bonds. The Morgan fingerprint density at radius 2 is 1.68 bits per heavy atom. The van der Waals surface area contributed by atoms with Gasteiger partial charge in [-0.15, -0.1) is 0 Å². The van der Waals surface area contributed by atoms with Crippen molar-refractivity contribution >= 4 is 29.4 Å². The Morgan fingerprint density at radius 3 is 2.25 bits per heavy atom. The molecule has 8 heteroatoms. The minimum Gasteiger partial charge on any atom is -0.422 e. The molecule has 0 spiro atoms. The van der Waals surface area contributed by atoms with E-state index >= 15 is 0 Å². The lowest BCUT2D eigenvalue weighted by Gasteiger charge is -2.34. The summed E-state index contributed by atoms with van der Waals surface area (Å²) in [5.41, 5.74) is -0.0748. The number of imide groups is 1. The van der Waals surface area contributed by atoms with E-state index in [1.54, 1.807) is 24.3 Å². The van der Waals surface area contributed by atoms with Crippen LogP contribution in [0.4, 0.5) is 5.69 Å². The predicted octanol–water partition coefficient (Wildman–Crippen LogP) is 1.26. The van der Waals surface area contributed by atoms with Crippen LogP contribution in [0.25, 0.3) is 0 Å². The van der Waals surface area contributed by atoms with Crippen LogP contribution in [-0.2, 0) is 33.4 Å². The predicted molar refractivity (Wildman–Crippen MR) is 94.7 cm³/mol. The molecule has 3 heterocycles. The topological polar surface area (TPSA) is 99.2 Å². The molecular formula is C20H19NO7. The van der Waals surface area contributed by atoms with Gasteiger partial charge in [0, 0.05) is 13.8 Å². The van der Waals surface area contributed by atoms with Gasteiger partial charge in [0.25, 0.3) is 6.29 Å². The molecule has 0 saturated carbocycles. The third-order valence-corrected chi connectivity index (χ3v) is 5.28. The average Bonchev–Trinajstić information content (AvgIpc) is 3.26. The molecule has 146 valence electrons. The SMILES string of the molecule is CC(=O)OC(OC(C)=O)C12C=CC(O1)C1C(=O)N(c3ccc(C)cc3)C(=O)C12. The van der Waals surface area contributed by atoms with E-state index in [0.717, 1.165) is 24.3 Å². The van der Waals surface area contributed by atoms with Gasteiger partial charge in [-0.2, -0.15) is 0 Å². The molecule has 0 aliphatic carbocycles. The van der Waals surface area contributed by atoms with Crippen LogP contribution >= 0.6 is 0 Å². The number of benzene rings is 1. The highest BCUT2D eigenvalue weighted by molar-refractivity contribution is 6.23. The minimum atomic E-state index is -1.53. The maximum Gasteiger partial charge on any atom is 0.305 e. The van der Waals surface area contributed by atoms with Crippen LogP contribution in [-0.4, -0.2) is 41.7 Å². The first kappa shape index (κ1) is 18.4. The van der Waals surface area contributed by atoms with Crippen molar-refractivity contribution in [1.29, 1.82) is 0 Å². The number of amides is 2. The number of anilines is 1. The summed E-state index contributed by atoms with van der Waals surface area (Å²) in [6.07, 6.45) is 1.07. The molecule has 2 saturated heterocycles. The molecule has 3 aliphatic heterocycles. The molecule has 3 aliphatic rings. The highest BCUT2D eigenvalue weighted by Crippen LogP contribution is 2.54. The average molecular weight is 385 g/mol. The van der Waals surface area contributed by atoms with Gasteiger partial charge >= 0.3 is 11.9 Å². The minimum absolute atomic E-state index is 0.389. The number of fused-ring (bicyclic) bond motifs is 5. The van der Waals surface area contributed by atoms with Crippen molar-refractivity contribution in [3.8, 4) is 0 Å². The first-order valence-electron chi connectivity index (χ1n) is 8.90. The van der Waals surface area contributed by atoms with E-state index in [9.17, 15) is 19.2 Å². The molecule has 28 heavy (non-hydrogen) atoms. The van der Waals surface area contributed by atoms with Crippen LogP contribution < -0.4 is 4.90 Å². The summed E-state index contributed by atoms with van der Waals surface area (Å²) >= 11 is 0. The Kier molecular flexibility index (Phi) is 4.11. The standard InChI is InChI=1S/C20H19NO7/c1-10-4-6-13(7-5-10)21-17(24)15-14-8-9-20(28-14,16(15)18(21)25)19(26-11(2)22)27-12(3)23/h4-9,14-16,19H,1-3H3. The summed E-state index contributed by atoms with van der Waals surface area (Å²) in [6, 6.07) is 7.02. The third-order valence-electron chi connectivity index (χ3n) is 5.28. The molecule has 4 atom stereocenters. The normalized spacial score (nSPS) is 30.1. The number of hydrogen-bond acceptors (Lipinski definition) is 7. The maximum atomic E-state index is 13.3. The van der Waals surface area contributed by atoms with Crippen molar-refractivity contribution in [2.24, 2.45) is 11.8 Å². The molecule has 2 bridgehead atoms.